The van der Waals surface area contributed by atoms with Crippen molar-refractivity contribution >= 4 is 23.1 Å². The van der Waals surface area contributed by atoms with Gasteiger partial charge < -0.3 is 10.6 Å². The van der Waals surface area contributed by atoms with E-state index in [1.807, 2.05) is 4.90 Å². The Balaban J connectivity index is 2.30. The highest BCUT2D eigenvalue weighted by molar-refractivity contribution is 7.80. The van der Waals surface area contributed by atoms with Crippen molar-refractivity contribution in [2.45, 2.75) is 57.9 Å². The molecule has 0 atom stereocenters. The van der Waals surface area contributed by atoms with Gasteiger partial charge >= 0.3 is 0 Å². The van der Waals surface area contributed by atoms with Crippen molar-refractivity contribution < 1.29 is 4.79 Å². The maximum absolute atomic E-state index is 12.0. The highest BCUT2D eigenvalue weighted by atomic mass is 32.1. The van der Waals surface area contributed by atoms with Crippen LogP contribution < -0.4 is 5.73 Å². The number of nitrogens with zero attached hydrogens (tertiary/aromatic N) is 1. The molecular formula is C12H22N2OS. The fourth-order valence-corrected chi connectivity index (χ4v) is 1.89. The molecule has 0 unspecified atom stereocenters. The number of rotatable bonds is 8. The van der Waals surface area contributed by atoms with Gasteiger partial charge in [0, 0.05) is 25.4 Å². The number of nitrogens with two attached hydrogens (primary N) is 1. The number of unbranched alkanes of at least 4 members (excludes halogenated alkanes) is 2. The fourth-order valence-electron chi connectivity index (χ4n) is 1.80. The average Bonchev–Trinajstić information content (AvgIpc) is 3.02. The third-order valence-corrected chi connectivity index (χ3v) is 3.11. The van der Waals surface area contributed by atoms with Crippen molar-refractivity contribution in [2.75, 3.05) is 6.54 Å². The Morgan fingerprint density at radius 1 is 1.38 bits per heavy atom. The lowest BCUT2D eigenvalue weighted by molar-refractivity contribution is -0.131. The molecule has 1 aliphatic carbocycles. The largest absolute Gasteiger partial charge is 0.393 e. The molecule has 1 aliphatic rings. The Morgan fingerprint density at radius 3 is 2.56 bits per heavy atom. The fraction of sp³-hybridized carbons (Fsp3) is 0.833. The maximum Gasteiger partial charge on any atom is 0.222 e. The summed E-state index contributed by atoms with van der Waals surface area (Å²) in [5, 5.41) is 0. The average molecular weight is 242 g/mol. The summed E-state index contributed by atoms with van der Waals surface area (Å²) in [5.41, 5.74) is 5.48. The summed E-state index contributed by atoms with van der Waals surface area (Å²) in [6.45, 7) is 2.86. The van der Waals surface area contributed by atoms with Gasteiger partial charge in [-0.25, -0.2) is 0 Å². The molecule has 0 aromatic heterocycles. The lowest BCUT2D eigenvalue weighted by Crippen LogP contribution is -2.35. The number of hydrogen-bond acceptors (Lipinski definition) is 2. The molecule has 2 N–H and O–H groups in total. The van der Waals surface area contributed by atoms with Gasteiger partial charge in [0.1, 0.15) is 0 Å². The molecule has 0 bridgehead atoms. The molecule has 0 aromatic carbocycles. The Hall–Kier alpha value is -0.640. The van der Waals surface area contributed by atoms with E-state index in [2.05, 4.69) is 6.92 Å². The minimum absolute atomic E-state index is 0.284. The number of hydrogen-bond donors (Lipinski definition) is 1. The number of amides is 1. The van der Waals surface area contributed by atoms with Gasteiger partial charge in [0.25, 0.3) is 0 Å². The van der Waals surface area contributed by atoms with Crippen LogP contribution in [0, 0.1) is 0 Å². The van der Waals surface area contributed by atoms with E-state index in [0.29, 0.717) is 30.4 Å². The van der Waals surface area contributed by atoms with Gasteiger partial charge in [-0.05, 0) is 19.3 Å². The second-order valence-electron chi connectivity index (χ2n) is 4.49. The standard InChI is InChI=1S/C12H22N2OS/c1-2-3-4-5-12(15)14(10-6-7-10)9-8-11(13)16/h10H,2-9H2,1H3,(H2,13,16). The Kier molecular flexibility index (Phi) is 5.74. The molecule has 0 radical (unpaired) electrons. The number of thiocarbonyl (C=S) groups is 1. The summed E-state index contributed by atoms with van der Waals surface area (Å²) in [4.78, 5) is 14.4. The summed E-state index contributed by atoms with van der Waals surface area (Å²) in [6.07, 6.45) is 6.94. The first kappa shape index (κ1) is 13.4. The van der Waals surface area contributed by atoms with Crippen LogP contribution in [0.1, 0.15) is 51.9 Å². The first-order valence-electron chi connectivity index (χ1n) is 6.23. The predicted octanol–water partition coefficient (Wildman–Crippen LogP) is 2.23. The summed E-state index contributed by atoms with van der Waals surface area (Å²) < 4.78 is 0. The maximum atomic E-state index is 12.0. The van der Waals surface area contributed by atoms with E-state index >= 15 is 0 Å². The zero-order valence-electron chi connectivity index (χ0n) is 10.1. The van der Waals surface area contributed by atoms with Crippen LogP contribution in [0.5, 0.6) is 0 Å². The van der Waals surface area contributed by atoms with Crippen molar-refractivity contribution in [1.29, 1.82) is 0 Å². The van der Waals surface area contributed by atoms with Crippen molar-refractivity contribution in [3.8, 4) is 0 Å². The highest BCUT2D eigenvalue weighted by Crippen LogP contribution is 2.27. The van der Waals surface area contributed by atoms with Gasteiger partial charge in [0.15, 0.2) is 0 Å². The van der Waals surface area contributed by atoms with Crippen molar-refractivity contribution in [1.82, 2.24) is 4.90 Å². The van der Waals surface area contributed by atoms with E-state index in [1.54, 1.807) is 0 Å². The molecule has 4 heteroatoms. The lowest BCUT2D eigenvalue weighted by atomic mass is 10.2. The molecule has 1 saturated carbocycles. The van der Waals surface area contributed by atoms with Crippen LogP contribution in [0.4, 0.5) is 0 Å². The molecule has 16 heavy (non-hydrogen) atoms. The monoisotopic (exact) mass is 242 g/mol. The molecule has 0 aromatic rings. The molecule has 92 valence electrons. The van der Waals surface area contributed by atoms with Gasteiger partial charge in [0.2, 0.25) is 5.91 Å². The topological polar surface area (TPSA) is 46.3 Å². The zero-order valence-corrected chi connectivity index (χ0v) is 10.9. The van der Waals surface area contributed by atoms with Crippen LogP contribution in [0.2, 0.25) is 0 Å². The van der Waals surface area contributed by atoms with Crippen LogP contribution in [0.3, 0.4) is 0 Å². The molecular weight excluding hydrogens is 220 g/mol. The second kappa shape index (κ2) is 6.84. The van der Waals surface area contributed by atoms with Gasteiger partial charge in [-0.1, -0.05) is 32.0 Å². The molecule has 1 amide bonds. The highest BCUT2D eigenvalue weighted by Gasteiger charge is 2.31. The lowest BCUT2D eigenvalue weighted by Gasteiger charge is -2.22. The molecule has 1 rings (SSSR count). The van der Waals surface area contributed by atoms with Crippen LogP contribution in [0.25, 0.3) is 0 Å². The van der Waals surface area contributed by atoms with Crippen molar-refractivity contribution in [2.24, 2.45) is 5.73 Å². The van der Waals surface area contributed by atoms with Gasteiger partial charge in [-0.15, -0.1) is 0 Å². The second-order valence-corrected chi connectivity index (χ2v) is 5.02. The van der Waals surface area contributed by atoms with E-state index < -0.39 is 0 Å². The quantitative estimate of drug-likeness (QED) is 0.524. The van der Waals surface area contributed by atoms with Crippen molar-refractivity contribution in [3.05, 3.63) is 0 Å². The number of carbonyl (C=O) groups excluding carboxylic acids is 1. The third-order valence-electron chi connectivity index (χ3n) is 2.90. The van der Waals surface area contributed by atoms with E-state index in [0.717, 1.165) is 32.1 Å². The van der Waals surface area contributed by atoms with Gasteiger partial charge in [0.05, 0.1) is 4.99 Å². The first-order valence-corrected chi connectivity index (χ1v) is 6.63. The summed E-state index contributed by atoms with van der Waals surface area (Å²) in [6, 6.07) is 0.475. The van der Waals surface area contributed by atoms with Crippen LogP contribution in [0.15, 0.2) is 0 Å². The molecule has 0 spiro atoms. The van der Waals surface area contributed by atoms with E-state index in [9.17, 15) is 4.79 Å². The number of carbonyl (C=O) groups is 1. The summed E-state index contributed by atoms with van der Waals surface area (Å²) in [7, 11) is 0. The van der Waals surface area contributed by atoms with Crippen LogP contribution in [-0.2, 0) is 4.79 Å². The van der Waals surface area contributed by atoms with Crippen LogP contribution in [-0.4, -0.2) is 28.4 Å². The molecule has 0 heterocycles. The molecule has 0 saturated heterocycles. The van der Waals surface area contributed by atoms with Crippen LogP contribution >= 0.6 is 12.2 Å². The molecule has 0 aliphatic heterocycles. The minimum Gasteiger partial charge on any atom is -0.393 e. The van der Waals surface area contributed by atoms with Gasteiger partial charge in [-0.3, -0.25) is 4.79 Å². The smallest absolute Gasteiger partial charge is 0.222 e. The van der Waals surface area contributed by atoms with E-state index in [1.165, 1.54) is 0 Å². The van der Waals surface area contributed by atoms with E-state index in [-0.39, 0.29) is 5.91 Å². The van der Waals surface area contributed by atoms with Crippen molar-refractivity contribution in [3.63, 3.8) is 0 Å². The molecule has 3 nitrogen and oxygen atoms in total. The van der Waals surface area contributed by atoms with Gasteiger partial charge in [-0.2, -0.15) is 0 Å². The zero-order chi connectivity index (χ0) is 12.0. The minimum atomic E-state index is 0.284. The third kappa shape index (κ3) is 4.92. The van der Waals surface area contributed by atoms with E-state index in [4.69, 9.17) is 18.0 Å². The summed E-state index contributed by atoms with van der Waals surface area (Å²) in [5.74, 6) is 0.284. The summed E-state index contributed by atoms with van der Waals surface area (Å²) >= 11 is 4.85. The molecule has 1 fully saturated rings. The normalized spacial score (nSPS) is 14.8. The Morgan fingerprint density at radius 2 is 2.06 bits per heavy atom. The Bertz CT molecular complexity index is 251. The Labute approximate surface area is 103 Å². The first-order chi connectivity index (χ1) is 7.65. The SMILES string of the molecule is CCCCCC(=O)N(CCC(N)=S)C1CC1. The predicted molar refractivity (Wildman–Crippen MR) is 70.3 cm³/mol.